The number of nitriles is 1. The Labute approximate surface area is 313 Å². The van der Waals surface area contributed by atoms with E-state index in [2.05, 4.69) is 21.9 Å². The minimum Gasteiger partial charge on any atom is -0.486 e. The molecule has 0 saturated carbocycles. The zero-order valence-electron chi connectivity index (χ0n) is 29.9. The molecule has 0 aliphatic carbocycles. The Balaban J connectivity index is 0.812. The van der Waals surface area contributed by atoms with Crippen LogP contribution in [0.25, 0.3) is 0 Å². The molecule has 3 saturated heterocycles. The lowest BCUT2D eigenvalue weighted by atomic mass is 9.84. The Kier molecular flexibility index (Phi) is 8.92. The highest BCUT2D eigenvalue weighted by atomic mass is 35.5. The molecule has 5 aliphatic heterocycles. The quantitative estimate of drug-likeness (QED) is 0.211. The molecule has 0 bridgehead atoms. The maximum atomic E-state index is 13.5. The van der Waals surface area contributed by atoms with Crippen molar-refractivity contribution in [3.8, 4) is 11.8 Å². The summed E-state index contributed by atoms with van der Waals surface area (Å²) in [5, 5.41) is 10.1. The van der Waals surface area contributed by atoms with Gasteiger partial charge >= 0.3 is 0 Å². The molecule has 5 heterocycles. The molecular weight excluding hydrogens is 694 g/mol. The fourth-order valence-electron chi connectivity index (χ4n) is 8.52. The molecule has 8 rings (SSSR count). The maximum absolute atomic E-state index is 13.5. The van der Waals surface area contributed by atoms with Crippen molar-refractivity contribution in [1.29, 1.82) is 5.26 Å². The fraction of sp³-hybridized carbons (Fsp3) is 0.425. The van der Waals surface area contributed by atoms with Crippen LogP contribution in [0.5, 0.6) is 5.75 Å². The average Bonchev–Trinajstić information content (AvgIpc) is 3.69. The van der Waals surface area contributed by atoms with Crippen molar-refractivity contribution in [3.05, 3.63) is 93.0 Å². The van der Waals surface area contributed by atoms with E-state index < -0.39 is 23.4 Å². The van der Waals surface area contributed by atoms with E-state index in [4.69, 9.17) is 27.4 Å². The highest BCUT2D eigenvalue weighted by Crippen LogP contribution is 2.37. The highest BCUT2D eigenvalue weighted by molar-refractivity contribution is 6.31. The summed E-state index contributed by atoms with van der Waals surface area (Å²) in [6.45, 7) is 9.32. The minimum atomic E-state index is -0.703. The van der Waals surface area contributed by atoms with Gasteiger partial charge in [0.05, 0.1) is 22.7 Å². The minimum absolute atomic E-state index is 0.0311. The van der Waals surface area contributed by atoms with E-state index in [0.29, 0.717) is 57.9 Å². The Bertz CT molecular complexity index is 2050. The van der Waals surface area contributed by atoms with Crippen LogP contribution in [0.3, 0.4) is 0 Å². The summed E-state index contributed by atoms with van der Waals surface area (Å²) in [6.07, 6.45) is 2.40. The van der Waals surface area contributed by atoms with Gasteiger partial charge in [0.1, 0.15) is 24.0 Å². The van der Waals surface area contributed by atoms with Gasteiger partial charge in [-0.25, -0.2) is 10.9 Å². The number of nitrogens with two attached hydrogens (primary N) is 1. The first-order valence-electron chi connectivity index (χ1n) is 18.2. The van der Waals surface area contributed by atoms with E-state index in [1.165, 1.54) is 5.56 Å². The fourth-order valence-corrected chi connectivity index (χ4v) is 8.73. The van der Waals surface area contributed by atoms with E-state index in [-0.39, 0.29) is 24.3 Å². The lowest BCUT2D eigenvalue weighted by Crippen LogP contribution is -2.71. The number of rotatable bonds is 7. The molecule has 2 atom stereocenters. The number of piperidine rings is 2. The third kappa shape index (κ3) is 6.30. The zero-order valence-corrected chi connectivity index (χ0v) is 30.6. The van der Waals surface area contributed by atoms with Gasteiger partial charge in [-0.15, -0.1) is 0 Å². The zero-order chi connectivity index (χ0) is 37.2. The number of benzene rings is 3. The molecule has 0 aromatic heterocycles. The molecule has 13 heteroatoms. The lowest BCUT2D eigenvalue weighted by Gasteiger charge is -2.54. The van der Waals surface area contributed by atoms with Gasteiger partial charge in [-0.3, -0.25) is 24.1 Å². The molecule has 274 valence electrons. The van der Waals surface area contributed by atoms with Crippen LogP contribution in [0.15, 0.2) is 54.6 Å². The Morgan fingerprint density at radius 1 is 0.962 bits per heavy atom. The average molecular weight is 736 g/mol. The Hall–Kier alpha value is -4.96. The summed E-state index contributed by atoms with van der Waals surface area (Å²) in [4.78, 5) is 59.6. The highest BCUT2D eigenvalue weighted by Gasteiger charge is 2.51. The van der Waals surface area contributed by atoms with Crippen molar-refractivity contribution in [2.24, 2.45) is 11.8 Å². The summed E-state index contributed by atoms with van der Waals surface area (Å²) >= 11 is 6.18. The number of hydrogen-bond acceptors (Lipinski definition) is 9. The normalized spacial score (nSPS) is 22.8. The van der Waals surface area contributed by atoms with Gasteiger partial charge < -0.3 is 19.4 Å². The van der Waals surface area contributed by atoms with Crippen molar-refractivity contribution in [2.45, 2.75) is 76.8 Å². The second kappa shape index (κ2) is 13.5. The Morgan fingerprint density at radius 2 is 1.68 bits per heavy atom. The molecule has 0 spiro atoms. The van der Waals surface area contributed by atoms with Crippen LogP contribution in [-0.2, 0) is 29.2 Å². The number of fused-ring (bicyclic) bond motifs is 2. The van der Waals surface area contributed by atoms with Crippen LogP contribution in [-0.4, -0.2) is 87.2 Å². The van der Waals surface area contributed by atoms with E-state index >= 15 is 0 Å². The summed E-state index contributed by atoms with van der Waals surface area (Å²) in [5.41, 5.74) is 5.62. The van der Waals surface area contributed by atoms with Crippen LogP contribution in [0.1, 0.15) is 82.5 Å². The predicted octanol–water partition coefficient (Wildman–Crippen LogP) is 4.47. The second-order valence-corrected chi connectivity index (χ2v) is 15.9. The van der Waals surface area contributed by atoms with Gasteiger partial charge in [0.15, 0.2) is 0 Å². The number of amides is 4. The van der Waals surface area contributed by atoms with Crippen LogP contribution in [0.2, 0.25) is 5.02 Å². The van der Waals surface area contributed by atoms with Gasteiger partial charge in [0, 0.05) is 68.6 Å². The number of imide groups is 1. The van der Waals surface area contributed by atoms with Gasteiger partial charge in [0.2, 0.25) is 5.91 Å². The number of nitrogens with zero attached hydrogens (tertiary/aromatic N) is 6. The topological polar surface area (TPSA) is 144 Å². The number of likely N-dealkylation sites (tertiary alicyclic amines) is 1. The van der Waals surface area contributed by atoms with Crippen LogP contribution < -0.4 is 15.5 Å². The molecule has 0 radical (unpaired) electrons. The van der Waals surface area contributed by atoms with Gasteiger partial charge in [-0.2, -0.15) is 5.26 Å². The predicted molar refractivity (Wildman–Crippen MR) is 197 cm³/mol. The number of ether oxygens (including phenoxy) is 1. The number of hydrogen-bond donors (Lipinski definition) is 1. The molecule has 3 aromatic carbocycles. The summed E-state index contributed by atoms with van der Waals surface area (Å²) in [5.74, 6) is 5.69. The van der Waals surface area contributed by atoms with Crippen LogP contribution >= 0.6 is 11.6 Å². The maximum Gasteiger partial charge on any atom is 0.266 e. The third-order valence-electron chi connectivity index (χ3n) is 11.9. The molecule has 12 nitrogen and oxygen atoms in total. The molecule has 5 aliphatic rings. The number of carbonyl (C=O) groups excluding carboxylic acids is 4. The molecule has 53 heavy (non-hydrogen) atoms. The monoisotopic (exact) mass is 735 g/mol. The molecule has 4 amide bonds. The summed E-state index contributed by atoms with van der Waals surface area (Å²) in [6, 6.07) is 18.4. The molecular formula is C40H42ClN7O5. The molecule has 2 N–H and O–H groups in total. The van der Waals surface area contributed by atoms with Crippen LogP contribution in [0, 0.1) is 17.2 Å². The summed E-state index contributed by atoms with van der Waals surface area (Å²) in [7, 11) is 0. The molecule has 3 aromatic rings. The number of hydrazine groups is 1. The molecule has 1 unspecified atom stereocenters. The number of halogens is 1. The van der Waals surface area contributed by atoms with Crippen LogP contribution in [0.4, 0.5) is 5.69 Å². The molecule has 3 fully saturated rings. The van der Waals surface area contributed by atoms with Gasteiger partial charge in [-0.05, 0) is 98.2 Å². The van der Waals surface area contributed by atoms with E-state index in [9.17, 15) is 19.2 Å². The summed E-state index contributed by atoms with van der Waals surface area (Å²) < 4.78 is 6.15. The largest absolute Gasteiger partial charge is 0.486 e. The number of carbonyl (C=O) groups is 4. The first-order valence-corrected chi connectivity index (χ1v) is 18.6. The van der Waals surface area contributed by atoms with Gasteiger partial charge in [0.25, 0.3) is 17.7 Å². The van der Waals surface area contributed by atoms with E-state index in [1.807, 2.05) is 49.1 Å². The van der Waals surface area contributed by atoms with Gasteiger partial charge in [-0.1, -0.05) is 17.7 Å². The van der Waals surface area contributed by atoms with Crippen molar-refractivity contribution in [3.63, 3.8) is 0 Å². The lowest BCUT2D eigenvalue weighted by molar-refractivity contribution is -0.152. The van der Waals surface area contributed by atoms with Crippen molar-refractivity contribution >= 4 is 40.9 Å². The van der Waals surface area contributed by atoms with E-state index in [0.717, 1.165) is 62.4 Å². The SMILES string of the molecule is CC1(C)[C@@H](Oc2ccc(C#N)c(Cl)c2)CN1C(=O)c1ccc(N2CCC(CN3Cc4cc5c(cc4C3)C(=O)N(C3CCC(=O)N(N)C3=O)C5)CC2)cc1. The van der Waals surface area contributed by atoms with E-state index in [1.54, 1.807) is 23.1 Å². The smallest absolute Gasteiger partial charge is 0.266 e. The third-order valence-corrected chi connectivity index (χ3v) is 12.2. The van der Waals surface area contributed by atoms with Crippen molar-refractivity contribution in [1.82, 2.24) is 19.7 Å². The first-order chi connectivity index (χ1) is 25.4. The Morgan fingerprint density at radius 3 is 2.36 bits per heavy atom. The van der Waals surface area contributed by atoms with Crippen molar-refractivity contribution in [2.75, 3.05) is 31.1 Å². The second-order valence-electron chi connectivity index (χ2n) is 15.4. The standard InChI is InChI=1S/C40H42ClN7O5/c1-40(2)35(53-31-8-5-26(18-42)33(41)17-31)23-47(40)37(50)25-3-6-30(7-4-25)45-13-11-24(12-14-45)19-44-20-27-15-29-22-46(38(51)32(29)16-28(27)21-44)34-9-10-36(49)48(43)39(34)52/h3-8,15-17,24,34-35H,9-14,19-23,43H2,1-2H3/t34?,35-/m0/s1. The number of anilines is 1. The first kappa shape index (κ1) is 35.1. The van der Waals surface area contributed by atoms with Crippen molar-refractivity contribution < 1.29 is 23.9 Å².